The van der Waals surface area contributed by atoms with E-state index in [1.807, 2.05) is 0 Å². The summed E-state index contributed by atoms with van der Waals surface area (Å²) >= 11 is 0. The van der Waals surface area contributed by atoms with E-state index in [1.165, 1.54) is 0 Å². The van der Waals surface area contributed by atoms with Gasteiger partial charge in [-0.3, -0.25) is 9.59 Å². The number of hydrogen-bond acceptors (Lipinski definition) is 5. The first kappa shape index (κ1) is 17.2. The Morgan fingerprint density at radius 2 is 1.71 bits per heavy atom. The lowest BCUT2D eigenvalue weighted by Crippen LogP contribution is -2.37. The molecule has 0 radical (unpaired) electrons. The molecule has 3 atom stereocenters. The molecule has 118 valence electrons. The van der Waals surface area contributed by atoms with Crippen molar-refractivity contribution in [3.05, 3.63) is 12.7 Å². The molecule has 1 aliphatic rings. The van der Waals surface area contributed by atoms with E-state index in [4.69, 9.17) is 9.47 Å². The largest absolute Gasteiger partial charge is 0.481 e. The molecule has 0 bridgehead atoms. The molecular weight excluding hydrogens is 276 g/mol. The average Bonchev–Trinajstić information content (AvgIpc) is 2.45. The maximum Gasteiger partial charge on any atom is 0.333 e. The number of rotatable bonds is 6. The number of carbonyl (C=O) groups excluding carboxylic acids is 2. The van der Waals surface area contributed by atoms with E-state index >= 15 is 0 Å². The number of carboxylic acids is 1. The first-order valence-electron chi connectivity index (χ1n) is 7.13. The van der Waals surface area contributed by atoms with Crippen LogP contribution in [0.4, 0.5) is 0 Å². The van der Waals surface area contributed by atoms with Crippen molar-refractivity contribution in [1.29, 1.82) is 0 Å². The molecule has 0 aromatic heterocycles. The Bertz CT molecular complexity index is 414. The number of carboxylic acid groups (broad SMARTS) is 1. The van der Waals surface area contributed by atoms with E-state index in [0.717, 1.165) is 18.9 Å². The van der Waals surface area contributed by atoms with Crippen LogP contribution in [0.15, 0.2) is 12.7 Å². The van der Waals surface area contributed by atoms with Gasteiger partial charge in [-0.2, -0.15) is 0 Å². The molecule has 6 nitrogen and oxygen atoms in total. The van der Waals surface area contributed by atoms with Crippen LogP contribution in [0.5, 0.6) is 0 Å². The van der Waals surface area contributed by atoms with Crippen LogP contribution in [0.25, 0.3) is 0 Å². The Kier molecular flexibility index (Phi) is 6.39. The zero-order valence-electron chi connectivity index (χ0n) is 12.4. The maximum absolute atomic E-state index is 12.2. The molecule has 0 heterocycles. The van der Waals surface area contributed by atoms with Gasteiger partial charge in [-0.25, -0.2) is 4.79 Å². The fourth-order valence-corrected chi connectivity index (χ4v) is 2.37. The van der Waals surface area contributed by atoms with E-state index in [1.54, 1.807) is 13.8 Å². The molecule has 1 saturated carbocycles. The minimum atomic E-state index is -1.03. The van der Waals surface area contributed by atoms with Gasteiger partial charge in [0.2, 0.25) is 6.29 Å². The van der Waals surface area contributed by atoms with Crippen LogP contribution in [0, 0.1) is 17.8 Å². The second-order valence-corrected chi connectivity index (χ2v) is 5.53. The maximum atomic E-state index is 12.2. The van der Waals surface area contributed by atoms with E-state index in [0.29, 0.717) is 12.8 Å². The van der Waals surface area contributed by atoms with E-state index in [9.17, 15) is 19.5 Å². The van der Waals surface area contributed by atoms with Crippen molar-refractivity contribution < 1.29 is 29.0 Å². The highest BCUT2D eigenvalue weighted by atomic mass is 16.7. The van der Waals surface area contributed by atoms with Crippen LogP contribution in [0.1, 0.15) is 39.5 Å². The molecule has 1 rings (SSSR count). The van der Waals surface area contributed by atoms with Gasteiger partial charge in [0.15, 0.2) is 0 Å². The van der Waals surface area contributed by atoms with Crippen molar-refractivity contribution >= 4 is 17.9 Å². The third-order valence-electron chi connectivity index (χ3n) is 3.56. The van der Waals surface area contributed by atoms with Crippen LogP contribution in [0.2, 0.25) is 0 Å². The predicted molar refractivity (Wildman–Crippen MR) is 74.1 cm³/mol. The molecule has 0 aromatic carbocycles. The molecule has 0 aliphatic heterocycles. The highest BCUT2D eigenvalue weighted by Crippen LogP contribution is 2.32. The van der Waals surface area contributed by atoms with Gasteiger partial charge in [0, 0.05) is 12.0 Å². The fraction of sp³-hybridized carbons (Fsp3) is 0.667. The Labute approximate surface area is 124 Å². The molecule has 6 heteroatoms. The second-order valence-electron chi connectivity index (χ2n) is 5.53. The molecule has 3 unspecified atom stereocenters. The van der Waals surface area contributed by atoms with Gasteiger partial charge in [0.05, 0.1) is 11.8 Å². The standard InChI is InChI=1S/C15H22O6/c1-4-12(16)20-15(9(2)3)21-14(19)11-8-6-5-7-10(11)13(17)18/h4,9-11,15H,1,5-8H2,2-3H3,(H,17,18). The van der Waals surface area contributed by atoms with Crippen LogP contribution >= 0.6 is 0 Å². The van der Waals surface area contributed by atoms with Crippen LogP contribution < -0.4 is 0 Å². The first-order valence-corrected chi connectivity index (χ1v) is 7.13. The van der Waals surface area contributed by atoms with Crippen LogP contribution in [-0.2, 0) is 23.9 Å². The highest BCUT2D eigenvalue weighted by molar-refractivity contribution is 5.82. The third-order valence-corrected chi connectivity index (χ3v) is 3.56. The van der Waals surface area contributed by atoms with E-state index < -0.39 is 36.0 Å². The van der Waals surface area contributed by atoms with Crippen molar-refractivity contribution in [2.75, 3.05) is 0 Å². The summed E-state index contributed by atoms with van der Waals surface area (Å²) in [6.07, 6.45) is 2.50. The van der Waals surface area contributed by atoms with Gasteiger partial charge in [-0.05, 0) is 12.8 Å². The fourth-order valence-electron chi connectivity index (χ4n) is 2.37. The predicted octanol–water partition coefficient (Wildman–Crippen LogP) is 2.13. The monoisotopic (exact) mass is 298 g/mol. The van der Waals surface area contributed by atoms with Crippen molar-refractivity contribution in [3.8, 4) is 0 Å². The summed E-state index contributed by atoms with van der Waals surface area (Å²) in [6, 6.07) is 0. The summed E-state index contributed by atoms with van der Waals surface area (Å²) in [5, 5.41) is 9.18. The summed E-state index contributed by atoms with van der Waals surface area (Å²) < 4.78 is 10.2. The number of hydrogen-bond donors (Lipinski definition) is 1. The van der Waals surface area contributed by atoms with E-state index in [-0.39, 0.29) is 5.92 Å². The molecule has 1 fully saturated rings. The van der Waals surface area contributed by atoms with Gasteiger partial charge in [0.1, 0.15) is 0 Å². The summed E-state index contributed by atoms with van der Waals surface area (Å²) in [7, 11) is 0. The van der Waals surface area contributed by atoms with Gasteiger partial charge in [0.25, 0.3) is 0 Å². The molecular formula is C15H22O6. The SMILES string of the molecule is C=CC(=O)OC(OC(=O)C1CCCCC1C(=O)O)C(C)C. The summed E-state index contributed by atoms with van der Waals surface area (Å²) in [5.74, 6) is -3.92. The van der Waals surface area contributed by atoms with Gasteiger partial charge in [-0.15, -0.1) is 0 Å². The zero-order chi connectivity index (χ0) is 16.0. The highest BCUT2D eigenvalue weighted by Gasteiger charge is 2.38. The molecule has 1 N–H and O–H groups in total. The molecule has 0 spiro atoms. The summed E-state index contributed by atoms with van der Waals surface area (Å²) in [5.41, 5.74) is 0. The van der Waals surface area contributed by atoms with Crippen molar-refractivity contribution in [1.82, 2.24) is 0 Å². The number of carbonyl (C=O) groups is 3. The Morgan fingerprint density at radius 3 is 2.19 bits per heavy atom. The topological polar surface area (TPSA) is 89.9 Å². The quantitative estimate of drug-likeness (QED) is 0.459. The molecule has 0 saturated heterocycles. The van der Waals surface area contributed by atoms with Crippen molar-refractivity contribution in [3.63, 3.8) is 0 Å². The van der Waals surface area contributed by atoms with Crippen molar-refractivity contribution in [2.24, 2.45) is 17.8 Å². The Balaban J connectivity index is 2.73. The van der Waals surface area contributed by atoms with Gasteiger partial charge in [-0.1, -0.05) is 33.3 Å². The smallest absolute Gasteiger partial charge is 0.333 e. The third kappa shape index (κ3) is 4.88. The van der Waals surface area contributed by atoms with Gasteiger partial charge >= 0.3 is 17.9 Å². The molecule has 21 heavy (non-hydrogen) atoms. The second kappa shape index (κ2) is 7.81. The van der Waals surface area contributed by atoms with Crippen molar-refractivity contribution in [2.45, 2.75) is 45.8 Å². The Morgan fingerprint density at radius 1 is 1.14 bits per heavy atom. The first-order chi connectivity index (χ1) is 9.86. The minimum absolute atomic E-state index is 0.232. The number of esters is 2. The molecule has 0 aromatic rings. The lowest BCUT2D eigenvalue weighted by atomic mass is 9.79. The van der Waals surface area contributed by atoms with Crippen LogP contribution in [-0.4, -0.2) is 29.3 Å². The number of aliphatic carboxylic acids is 1. The zero-order valence-corrected chi connectivity index (χ0v) is 12.4. The normalized spacial score (nSPS) is 23.2. The Hall–Kier alpha value is -1.85. The molecule has 1 aliphatic carbocycles. The van der Waals surface area contributed by atoms with Crippen LogP contribution in [0.3, 0.4) is 0 Å². The van der Waals surface area contributed by atoms with E-state index in [2.05, 4.69) is 6.58 Å². The minimum Gasteiger partial charge on any atom is -0.481 e. The van der Waals surface area contributed by atoms with Gasteiger partial charge < -0.3 is 14.6 Å². The lowest BCUT2D eigenvalue weighted by Gasteiger charge is -2.29. The lowest BCUT2D eigenvalue weighted by molar-refractivity contribution is -0.198. The summed E-state index contributed by atoms with van der Waals surface area (Å²) in [6.45, 7) is 6.76. The average molecular weight is 298 g/mol. The summed E-state index contributed by atoms with van der Waals surface area (Å²) in [4.78, 5) is 34.6. The number of ether oxygens (including phenoxy) is 2. The molecule has 0 amide bonds.